The van der Waals surface area contributed by atoms with Gasteiger partial charge in [-0.2, -0.15) is 0 Å². The molecule has 2 aromatic rings. The van der Waals surface area contributed by atoms with Gasteiger partial charge in [-0.05, 0) is 30.3 Å². The maximum absolute atomic E-state index is 12.5. The zero-order valence-electron chi connectivity index (χ0n) is 10.9. The molecule has 0 aromatic heterocycles. The standard InChI is InChI=1S/C15H12BrNO4/c16-10-6-7-13(18)12(8-10)15(21)17(9-14(19)20)11-4-2-1-3-5-11/h1-8,18H,9H2,(H,19,20). The molecule has 5 nitrogen and oxygen atoms in total. The molecular weight excluding hydrogens is 338 g/mol. The number of amides is 1. The molecule has 6 heteroatoms. The van der Waals surface area contributed by atoms with Crippen LogP contribution in [0.5, 0.6) is 5.75 Å². The van der Waals surface area contributed by atoms with E-state index in [0.29, 0.717) is 10.2 Å². The van der Waals surface area contributed by atoms with Crippen molar-refractivity contribution in [2.45, 2.75) is 0 Å². The molecule has 0 aliphatic heterocycles. The van der Waals surface area contributed by atoms with Gasteiger partial charge in [0, 0.05) is 10.2 Å². The van der Waals surface area contributed by atoms with Crippen molar-refractivity contribution in [1.82, 2.24) is 0 Å². The summed E-state index contributed by atoms with van der Waals surface area (Å²) in [6, 6.07) is 12.9. The van der Waals surface area contributed by atoms with Crippen LogP contribution in [0.3, 0.4) is 0 Å². The lowest BCUT2D eigenvalue weighted by Gasteiger charge is -2.21. The predicted octanol–water partition coefficient (Wildman–Crippen LogP) is 2.89. The molecule has 0 saturated heterocycles. The van der Waals surface area contributed by atoms with E-state index in [-0.39, 0.29) is 11.3 Å². The van der Waals surface area contributed by atoms with Gasteiger partial charge in [-0.1, -0.05) is 34.1 Å². The van der Waals surface area contributed by atoms with Crippen molar-refractivity contribution in [3.8, 4) is 5.75 Å². The van der Waals surface area contributed by atoms with E-state index < -0.39 is 18.4 Å². The number of nitrogens with zero attached hydrogens (tertiary/aromatic N) is 1. The number of carboxylic acids is 1. The molecular formula is C15H12BrNO4. The van der Waals surface area contributed by atoms with E-state index in [0.717, 1.165) is 4.90 Å². The molecule has 21 heavy (non-hydrogen) atoms. The number of anilines is 1. The number of hydrogen-bond acceptors (Lipinski definition) is 3. The van der Waals surface area contributed by atoms with Crippen molar-refractivity contribution in [2.75, 3.05) is 11.4 Å². The molecule has 2 N–H and O–H groups in total. The highest BCUT2D eigenvalue weighted by molar-refractivity contribution is 9.10. The number of carboxylic acid groups (broad SMARTS) is 1. The molecule has 0 spiro atoms. The fourth-order valence-electron chi connectivity index (χ4n) is 1.85. The summed E-state index contributed by atoms with van der Waals surface area (Å²) < 4.78 is 0.618. The van der Waals surface area contributed by atoms with Crippen molar-refractivity contribution in [3.05, 3.63) is 58.6 Å². The van der Waals surface area contributed by atoms with Crippen molar-refractivity contribution < 1.29 is 19.8 Å². The van der Waals surface area contributed by atoms with Crippen LogP contribution in [0.2, 0.25) is 0 Å². The third-order valence-corrected chi connectivity index (χ3v) is 3.29. The molecule has 108 valence electrons. The number of aliphatic carboxylic acids is 1. The zero-order chi connectivity index (χ0) is 15.4. The second-order valence-corrected chi connectivity index (χ2v) is 5.20. The fourth-order valence-corrected chi connectivity index (χ4v) is 2.21. The van der Waals surface area contributed by atoms with Gasteiger partial charge in [-0.25, -0.2) is 0 Å². The van der Waals surface area contributed by atoms with Gasteiger partial charge >= 0.3 is 5.97 Å². The van der Waals surface area contributed by atoms with Crippen LogP contribution in [0.25, 0.3) is 0 Å². The van der Waals surface area contributed by atoms with Crippen molar-refractivity contribution in [1.29, 1.82) is 0 Å². The first-order valence-corrected chi connectivity index (χ1v) is 6.85. The third-order valence-electron chi connectivity index (χ3n) is 2.80. The van der Waals surface area contributed by atoms with Crippen molar-refractivity contribution in [3.63, 3.8) is 0 Å². The Morgan fingerprint density at radius 2 is 1.76 bits per heavy atom. The third kappa shape index (κ3) is 3.61. The molecule has 0 bridgehead atoms. The Bertz CT molecular complexity index is 673. The molecule has 0 aliphatic rings. The number of rotatable bonds is 4. The second-order valence-electron chi connectivity index (χ2n) is 4.28. The monoisotopic (exact) mass is 349 g/mol. The lowest BCUT2D eigenvalue weighted by atomic mass is 10.1. The summed E-state index contributed by atoms with van der Waals surface area (Å²) in [4.78, 5) is 24.6. The van der Waals surface area contributed by atoms with Gasteiger partial charge in [0.15, 0.2) is 0 Å². The molecule has 0 atom stereocenters. The molecule has 1 amide bonds. The number of halogens is 1. The van der Waals surface area contributed by atoms with E-state index in [1.165, 1.54) is 12.1 Å². The van der Waals surface area contributed by atoms with Gasteiger partial charge in [0.2, 0.25) is 0 Å². The predicted molar refractivity (Wildman–Crippen MR) is 81.6 cm³/mol. The van der Waals surface area contributed by atoms with E-state index in [1.807, 2.05) is 0 Å². The highest BCUT2D eigenvalue weighted by atomic mass is 79.9. The van der Waals surface area contributed by atoms with Crippen LogP contribution in [0.1, 0.15) is 10.4 Å². The van der Waals surface area contributed by atoms with E-state index >= 15 is 0 Å². The quantitative estimate of drug-likeness (QED) is 0.889. The summed E-state index contributed by atoms with van der Waals surface area (Å²) in [5, 5.41) is 18.8. The zero-order valence-corrected chi connectivity index (χ0v) is 12.4. The Kier molecular flexibility index (Phi) is 4.59. The maximum atomic E-state index is 12.5. The summed E-state index contributed by atoms with van der Waals surface area (Å²) in [5.74, 6) is -1.92. The minimum atomic E-state index is -1.14. The van der Waals surface area contributed by atoms with Crippen LogP contribution >= 0.6 is 15.9 Å². The Balaban J connectivity index is 2.43. The number of para-hydroxylation sites is 1. The molecule has 0 unspecified atom stereocenters. The highest BCUT2D eigenvalue weighted by Gasteiger charge is 2.22. The average molecular weight is 350 g/mol. The van der Waals surface area contributed by atoms with Gasteiger partial charge in [-0.15, -0.1) is 0 Å². The Labute approximate surface area is 129 Å². The molecule has 0 aliphatic carbocycles. The van der Waals surface area contributed by atoms with Gasteiger partial charge in [-0.3, -0.25) is 14.5 Å². The van der Waals surface area contributed by atoms with E-state index in [2.05, 4.69) is 15.9 Å². The first kappa shape index (κ1) is 15.1. The van der Waals surface area contributed by atoms with Gasteiger partial charge in [0.25, 0.3) is 5.91 Å². The smallest absolute Gasteiger partial charge is 0.323 e. The number of carbonyl (C=O) groups is 2. The highest BCUT2D eigenvalue weighted by Crippen LogP contribution is 2.25. The summed E-state index contributed by atoms with van der Waals surface area (Å²) >= 11 is 3.22. The minimum absolute atomic E-state index is 0.0366. The fraction of sp³-hybridized carbons (Fsp3) is 0.0667. The maximum Gasteiger partial charge on any atom is 0.323 e. The van der Waals surface area contributed by atoms with Crippen LogP contribution in [0.15, 0.2) is 53.0 Å². The second kappa shape index (κ2) is 6.41. The first-order chi connectivity index (χ1) is 9.99. The van der Waals surface area contributed by atoms with Crippen molar-refractivity contribution in [2.24, 2.45) is 0 Å². The lowest BCUT2D eigenvalue weighted by molar-refractivity contribution is -0.135. The molecule has 2 rings (SSSR count). The number of phenols is 1. The van der Waals surface area contributed by atoms with Gasteiger partial charge in [0.05, 0.1) is 5.56 Å². The van der Waals surface area contributed by atoms with E-state index in [9.17, 15) is 14.7 Å². The van der Waals surface area contributed by atoms with E-state index in [1.54, 1.807) is 36.4 Å². The average Bonchev–Trinajstić information content (AvgIpc) is 2.47. The van der Waals surface area contributed by atoms with Gasteiger partial charge in [0.1, 0.15) is 12.3 Å². The van der Waals surface area contributed by atoms with E-state index in [4.69, 9.17) is 5.11 Å². The lowest BCUT2D eigenvalue weighted by Crippen LogP contribution is -2.35. The number of aromatic hydroxyl groups is 1. The number of phenolic OH excluding ortho intramolecular Hbond substituents is 1. The molecule has 0 heterocycles. The normalized spacial score (nSPS) is 10.1. The van der Waals surface area contributed by atoms with Crippen molar-refractivity contribution >= 4 is 33.5 Å². The molecule has 2 aromatic carbocycles. The van der Waals surface area contributed by atoms with Crippen LogP contribution < -0.4 is 4.90 Å². The number of hydrogen-bond donors (Lipinski definition) is 2. The summed E-state index contributed by atoms with van der Waals surface area (Å²) in [5.41, 5.74) is 0.485. The Morgan fingerprint density at radius 1 is 1.10 bits per heavy atom. The first-order valence-electron chi connectivity index (χ1n) is 6.06. The van der Waals surface area contributed by atoms with Crippen LogP contribution in [-0.2, 0) is 4.79 Å². The van der Waals surface area contributed by atoms with Crippen LogP contribution in [0, 0.1) is 0 Å². The topological polar surface area (TPSA) is 77.8 Å². The van der Waals surface area contributed by atoms with Crippen LogP contribution in [0.4, 0.5) is 5.69 Å². The molecule has 0 radical (unpaired) electrons. The molecule has 0 saturated carbocycles. The number of benzene rings is 2. The Morgan fingerprint density at radius 3 is 2.38 bits per heavy atom. The summed E-state index contributed by atoms with van der Waals surface area (Å²) in [6.07, 6.45) is 0. The molecule has 0 fully saturated rings. The summed E-state index contributed by atoms with van der Waals surface area (Å²) in [6.45, 7) is -0.491. The Hall–Kier alpha value is -2.34. The minimum Gasteiger partial charge on any atom is -0.507 e. The SMILES string of the molecule is O=C(O)CN(C(=O)c1cc(Br)ccc1O)c1ccccc1. The van der Waals surface area contributed by atoms with Crippen LogP contribution in [-0.4, -0.2) is 28.6 Å². The number of carbonyl (C=O) groups excluding carboxylic acids is 1. The largest absolute Gasteiger partial charge is 0.507 e. The summed E-state index contributed by atoms with van der Waals surface area (Å²) in [7, 11) is 0. The van der Waals surface area contributed by atoms with Gasteiger partial charge < -0.3 is 10.2 Å².